The Bertz CT molecular complexity index is 937. The first-order chi connectivity index (χ1) is 16.6. The van der Waals surface area contributed by atoms with E-state index in [1.54, 1.807) is 7.11 Å². The number of esters is 2. The highest BCUT2D eigenvalue weighted by molar-refractivity contribution is 5.78. The largest absolute Gasteiger partial charge is 0.497 e. The average molecular weight is 484 g/mol. The molecule has 0 amide bonds. The van der Waals surface area contributed by atoms with Crippen molar-refractivity contribution in [1.82, 2.24) is 5.32 Å². The summed E-state index contributed by atoms with van der Waals surface area (Å²) in [6.07, 6.45) is 0.539. The van der Waals surface area contributed by atoms with Crippen molar-refractivity contribution in [1.29, 1.82) is 0 Å². The summed E-state index contributed by atoms with van der Waals surface area (Å²) in [5.41, 5.74) is 0.459. The third-order valence-corrected chi connectivity index (χ3v) is 6.73. The van der Waals surface area contributed by atoms with E-state index in [1.165, 1.54) is 0 Å². The van der Waals surface area contributed by atoms with Crippen LogP contribution in [0.1, 0.15) is 65.0 Å². The van der Waals surface area contributed by atoms with Crippen molar-refractivity contribution in [3.8, 4) is 5.75 Å². The SMILES string of the molecule is CCOC(=O)C(C)(C)[C@H](C[C@@H](NCc1ccc(OC)cc1)C(C)(C)C(=O)OCC)c1ccccc1. The number of hydrogen-bond donors (Lipinski definition) is 1. The highest BCUT2D eigenvalue weighted by atomic mass is 16.5. The van der Waals surface area contributed by atoms with E-state index in [-0.39, 0.29) is 23.9 Å². The molecular formula is C29H41NO5. The summed E-state index contributed by atoms with van der Waals surface area (Å²) in [5, 5.41) is 3.60. The fourth-order valence-electron chi connectivity index (χ4n) is 4.30. The number of methoxy groups -OCH3 is 1. The Morgan fingerprint density at radius 1 is 0.829 bits per heavy atom. The lowest BCUT2D eigenvalue weighted by atomic mass is 9.68. The molecule has 35 heavy (non-hydrogen) atoms. The molecule has 0 aromatic heterocycles. The standard InChI is InChI=1S/C29H41NO5/c1-8-34-26(31)28(3,4)24(22-13-11-10-12-14-22)19-25(29(5,6)27(32)35-9-2)30-20-21-15-17-23(33-7)18-16-21/h10-18,24-25,30H,8-9,19-20H2,1-7H3/t24-,25-/m1/s1. The van der Waals surface area contributed by atoms with E-state index in [9.17, 15) is 9.59 Å². The van der Waals surface area contributed by atoms with Gasteiger partial charge in [-0.3, -0.25) is 9.59 Å². The molecule has 0 saturated carbocycles. The molecule has 6 heteroatoms. The van der Waals surface area contributed by atoms with Crippen molar-refractivity contribution in [2.75, 3.05) is 20.3 Å². The quantitative estimate of drug-likeness (QED) is 0.379. The first kappa shape index (κ1) is 28.4. The minimum Gasteiger partial charge on any atom is -0.497 e. The number of carbonyl (C=O) groups excluding carboxylic acids is 2. The molecule has 0 radical (unpaired) electrons. The van der Waals surface area contributed by atoms with Gasteiger partial charge in [0.05, 0.1) is 31.2 Å². The third kappa shape index (κ3) is 7.31. The Balaban J connectivity index is 2.43. The second-order valence-electron chi connectivity index (χ2n) is 9.86. The Hall–Kier alpha value is -2.86. The molecule has 2 atom stereocenters. The number of benzene rings is 2. The molecule has 0 fully saturated rings. The van der Waals surface area contributed by atoms with Crippen LogP contribution in [0.3, 0.4) is 0 Å². The van der Waals surface area contributed by atoms with Crippen molar-refractivity contribution in [2.24, 2.45) is 10.8 Å². The first-order valence-corrected chi connectivity index (χ1v) is 12.3. The van der Waals surface area contributed by atoms with Crippen molar-refractivity contribution < 1.29 is 23.8 Å². The monoisotopic (exact) mass is 483 g/mol. The molecule has 6 nitrogen and oxygen atoms in total. The number of carbonyl (C=O) groups is 2. The van der Waals surface area contributed by atoms with Crippen LogP contribution in [0.4, 0.5) is 0 Å². The molecule has 0 bridgehead atoms. The van der Waals surface area contributed by atoms with Crippen molar-refractivity contribution in [2.45, 2.75) is 66.5 Å². The summed E-state index contributed by atoms with van der Waals surface area (Å²) in [7, 11) is 1.64. The lowest BCUT2D eigenvalue weighted by molar-refractivity contribution is -0.156. The Kier molecular flexibility index (Phi) is 10.3. The van der Waals surface area contributed by atoms with Gasteiger partial charge in [0, 0.05) is 18.5 Å². The molecule has 0 aliphatic carbocycles. The van der Waals surface area contributed by atoms with Crippen molar-refractivity contribution in [3.05, 3.63) is 65.7 Å². The second-order valence-corrected chi connectivity index (χ2v) is 9.86. The van der Waals surface area contributed by atoms with Gasteiger partial charge in [0.15, 0.2) is 0 Å². The van der Waals surface area contributed by atoms with Crippen LogP contribution < -0.4 is 10.1 Å². The Morgan fingerprint density at radius 3 is 1.89 bits per heavy atom. The van der Waals surface area contributed by atoms with Crippen LogP contribution >= 0.6 is 0 Å². The zero-order valence-corrected chi connectivity index (χ0v) is 22.2. The summed E-state index contributed by atoms with van der Waals surface area (Å²) in [4.78, 5) is 26.1. The van der Waals surface area contributed by atoms with Crippen LogP contribution in [0, 0.1) is 10.8 Å². The van der Waals surface area contributed by atoms with Gasteiger partial charge in [-0.1, -0.05) is 42.5 Å². The number of ether oxygens (including phenoxy) is 3. The fourth-order valence-corrected chi connectivity index (χ4v) is 4.30. The van der Waals surface area contributed by atoms with Gasteiger partial charge in [-0.2, -0.15) is 0 Å². The molecular weight excluding hydrogens is 442 g/mol. The van der Waals surface area contributed by atoms with E-state index in [1.807, 2.05) is 96.1 Å². The summed E-state index contributed by atoms with van der Waals surface area (Å²) < 4.78 is 16.2. The maximum atomic E-state index is 13.0. The van der Waals surface area contributed by atoms with Crippen molar-refractivity contribution in [3.63, 3.8) is 0 Å². The van der Waals surface area contributed by atoms with E-state index in [0.717, 1.165) is 16.9 Å². The fraction of sp³-hybridized carbons (Fsp3) is 0.517. The predicted octanol–water partition coefficient (Wildman–Crippen LogP) is 5.51. The number of hydrogen-bond acceptors (Lipinski definition) is 6. The normalized spacial score (nSPS) is 13.6. The summed E-state index contributed by atoms with van der Waals surface area (Å²) in [6, 6.07) is 17.5. The molecule has 1 N–H and O–H groups in total. The van der Waals surface area contributed by atoms with Gasteiger partial charge in [-0.25, -0.2) is 0 Å². The topological polar surface area (TPSA) is 73.9 Å². The Morgan fingerprint density at radius 2 is 1.37 bits per heavy atom. The highest BCUT2D eigenvalue weighted by Gasteiger charge is 2.45. The average Bonchev–Trinajstić information content (AvgIpc) is 2.85. The van der Waals surface area contributed by atoms with E-state index in [0.29, 0.717) is 26.2 Å². The number of rotatable bonds is 13. The van der Waals surface area contributed by atoms with Gasteiger partial charge in [0.2, 0.25) is 0 Å². The third-order valence-electron chi connectivity index (χ3n) is 6.73. The highest BCUT2D eigenvalue weighted by Crippen LogP contribution is 2.43. The lowest BCUT2D eigenvalue weighted by Crippen LogP contribution is -2.49. The first-order valence-electron chi connectivity index (χ1n) is 12.3. The maximum Gasteiger partial charge on any atom is 0.313 e. The Labute approximate surface area is 210 Å². The van der Waals surface area contributed by atoms with E-state index in [4.69, 9.17) is 14.2 Å². The minimum atomic E-state index is -0.833. The van der Waals surface area contributed by atoms with Crippen molar-refractivity contribution >= 4 is 11.9 Å². The van der Waals surface area contributed by atoms with E-state index >= 15 is 0 Å². The van der Waals surface area contributed by atoms with Crippen LogP contribution in [0.5, 0.6) is 5.75 Å². The molecule has 0 unspecified atom stereocenters. The van der Waals surface area contributed by atoms with Crippen LogP contribution in [-0.2, 0) is 25.6 Å². The van der Waals surface area contributed by atoms with Gasteiger partial charge in [0.25, 0.3) is 0 Å². The van der Waals surface area contributed by atoms with E-state index < -0.39 is 10.8 Å². The van der Waals surface area contributed by atoms with Crippen LogP contribution in [0.15, 0.2) is 54.6 Å². The molecule has 2 aromatic carbocycles. The lowest BCUT2D eigenvalue weighted by Gasteiger charge is -2.40. The summed E-state index contributed by atoms with van der Waals surface area (Å²) >= 11 is 0. The molecule has 0 spiro atoms. The molecule has 192 valence electrons. The zero-order valence-electron chi connectivity index (χ0n) is 22.2. The van der Waals surface area contributed by atoms with E-state index in [2.05, 4.69) is 5.32 Å². The molecule has 0 saturated heterocycles. The molecule has 0 heterocycles. The molecule has 2 rings (SSSR count). The molecule has 0 aliphatic heterocycles. The van der Waals surface area contributed by atoms with Gasteiger partial charge >= 0.3 is 11.9 Å². The van der Waals surface area contributed by atoms with Gasteiger partial charge in [0.1, 0.15) is 5.75 Å². The second kappa shape index (κ2) is 12.7. The summed E-state index contributed by atoms with van der Waals surface area (Å²) in [5.74, 6) is 0.0759. The molecule has 2 aromatic rings. The maximum absolute atomic E-state index is 13.0. The predicted molar refractivity (Wildman–Crippen MR) is 138 cm³/mol. The van der Waals surface area contributed by atoms with Gasteiger partial charge in [-0.15, -0.1) is 0 Å². The molecule has 0 aliphatic rings. The minimum absolute atomic E-state index is 0.190. The summed E-state index contributed by atoms with van der Waals surface area (Å²) in [6.45, 7) is 12.4. The van der Waals surface area contributed by atoms with Crippen LogP contribution in [0.2, 0.25) is 0 Å². The van der Waals surface area contributed by atoms with Gasteiger partial charge < -0.3 is 19.5 Å². The van der Waals surface area contributed by atoms with Gasteiger partial charge in [-0.05, 0) is 71.2 Å². The zero-order chi connectivity index (χ0) is 26.1. The smallest absolute Gasteiger partial charge is 0.313 e. The van der Waals surface area contributed by atoms with Crippen LogP contribution in [0.25, 0.3) is 0 Å². The number of nitrogens with one attached hydrogen (secondary N) is 1. The van der Waals surface area contributed by atoms with Crippen LogP contribution in [-0.4, -0.2) is 38.3 Å².